The SMILES string of the molecule is O=C(Cc1csc(Cc2ccccc2)n1)NC1(C(=O)O)CCCCCC1. The van der Waals surface area contributed by atoms with Crippen molar-refractivity contribution in [3.8, 4) is 0 Å². The molecule has 0 unspecified atom stereocenters. The Morgan fingerprint density at radius 3 is 2.46 bits per heavy atom. The van der Waals surface area contributed by atoms with Gasteiger partial charge < -0.3 is 10.4 Å². The number of rotatable bonds is 6. The zero-order valence-electron chi connectivity index (χ0n) is 14.7. The molecule has 0 spiro atoms. The zero-order chi connectivity index (χ0) is 18.4. The summed E-state index contributed by atoms with van der Waals surface area (Å²) in [7, 11) is 0. The summed E-state index contributed by atoms with van der Waals surface area (Å²) in [6.45, 7) is 0. The molecule has 26 heavy (non-hydrogen) atoms. The molecule has 5 nitrogen and oxygen atoms in total. The van der Waals surface area contributed by atoms with Crippen molar-refractivity contribution < 1.29 is 14.7 Å². The van der Waals surface area contributed by atoms with E-state index in [4.69, 9.17) is 0 Å². The Hall–Kier alpha value is -2.21. The van der Waals surface area contributed by atoms with E-state index < -0.39 is 11.5 Å². The lowest BCUT2D eigenvalue weighted by Gasteiger charge is -2.29. The summed E-state index contributed by atoms with van der Waals surface area (Å²) >= 11 is 1.53. The van der Waals surface area contributed by atoms with Crippen LogP contribution in [0.4, 0.5) is 0 Å². The van der Waals surface area contributed by atoms with Gasteiger partial charge in [0.1, 0.15) is 5.54 Å². The number of hydrogen-bond donors (Lipinski definition) is 2. The maximum absolute atomic E-state index is 12.5. The molecule has 3 rings (SSSR count). The van der Waals surface area contributed by atoms with E-state index in [1.54, 1.807) is 0 Å². The first-order valence-electron chi connectivity index (χ1n) is 9.09. The highest BCUT2D eigenvalue weighted by Crippen LogP contribution is 2.27. The van der Waals surface area contributed by atoms with Crippen molar-refractivity contribution in [2.45, 2.75) is 56.9 Å². The number of aromatic nitrogens is 1. The van der Waals surface area contributed by atoms with Crippen LogP contribution in [0, 0.1) is 0 Å². The molecule has 1 heterocycles. The number of carboxylic acids is 1. The predicted molar refractivity (Wildman–Crippen MR) is 101 cm³/mol. The minimum Gasteiger partial charge on any atom is -0.480 e. The van der Waals surface area contributed by atoms with Crippen LogP contribution in [-0.4, -0.2) is 27.5 Å². The van der Waals surface area contributed by atoms with Crippen LogP contribution in [0.15, 0.2) is 35.7 Å². The molecule has 1 aliphatic rings. The van der Waals surface area contributed by atoms with Gasteiger partial charge in [0.05, 0.1) is 17.1 Å². The molecule has 1 aliphatic carbocycles. The smallest absolute Gasteiger partial charge is 0.329 e. The summed E-state index contributed by atoms with van der Waals surface area (Å²) in [4.78, 5) is 28.8. The third-order valence-electron chi connectivity index (χ3n) is 4.88. The number of nitrogens with one attached hydrogen (secondary N) is 1. The van der Waals surface area contributed by atoms with Crippen molar-refractivity contribution in [1.82, 2.24) is 10.3 Å². The number of carbonyl (C=O) groups is 2. The summed E-state index contributed by atoms with van der Waals surface area (Å²) in [6.07, 6.45) is 5.61. The molecule has 1 fully saturated rings. The Morgan fingerprint density at radius 1 is 1.12 bits per heavy atom. The standard InChI is InChI=1S/C20H24N2O3S/c23-17(22-20(19(24)25)10-6-1-2-7-11-20)13-16-14-26-18(21-16)12-15-8-4-3-5-9-15/h3-5,8-9,14H,1-2,6-7,10-13H2,(H,22,23)(H,24,25). The number of hydrogen-bond acceptors (Lipinski definition) is 4. The molecule has 0 atom stereocenters. The molecule has 0 bridgehead atoms. The second-order valence-corrected chi connectivity index (χ2v) is 7.86. The van der Waals surface area contributed by atoms with Gasteiger partial charge in [0.2, 0.25) is 5.91 Å². The Bertz CT molecular complexity index is 749. The fourth-order valence-electron chi connectivity index (χ4n) is 3.48. The summed E-state index contributed by atoms with van der Waals surface area (Å²) in [6, 6.07) is 10.1. The van der Waals surface area contributed by atoms with Gasteiger partial charge in [-0.2, -0.15) is 0 Å². The van der Waals surface area contributed by atoms with E-state index in [2.05, 4.69) is 22.4 Å². The number of nitrogens with zero attached hydrogens (tertiary/aromatic N) is 1. The van der Waals surface area contributed by atoms with Gasteiger partial charge in [0.15, 0.2) is 0 Å². The summed E-state index contributed by atoms with van der Waals surface area (Å²) in [5, 5.41) is 15.3. The second-order valence-electron chi connectivity index (χ2n) is 6.92. The quantitative estimate of drug-likeness (QED) is 0.760. The van der Waals surface area contributed by atoms with Crippen molar-refractivity contribution in [3.63, 3.8) is 0 Å². The van der Waals surface area contributed by atoms with Crippen LogP contribution in [0.2, 0.25) is 0 Å². The average molecular weight is 372 g/mol. The van der Waals surface area contributed by atoms with Crippen molar-refractivity contribution in [1.29, 1.82) is 0 Å². The third-order valence-corrected chi connectivity index (χ3v) is 5.78. The van der Waals surface area contributed by atoms with Crippen LogP contribution in [0.3, 0.4) is 0 Å². The molecule has 0 radical (unpaired) electrons. The van der Waals surface area contributed by atoms with E-state index in [0.717, 1.165) is 37.1 Å². The molecule has 1 aromatic heterocycles. The van der Waals surface area contributed by atoms with Gasteiger partial charge in [0, 0.05) is 11.8 Å². The molecular weight excluding hydrogens is 348 g/mol. The van der Waals surface area contributed by atoms with Gasteiger partial charge >= 0.3 is 5.97 Å². The number of benzene rings is 1. The molecule has 2 aromatic rings. The fourth-order valence-corrected chi connectivity index (χ4v) is 4.31. The Labute approximate surface area is 157 Å². The first-order chi connectivity index (χ1) is 12.6. The summed E-state index contributed by atoms with van der Waals surface area (Å²) < 4.78 is 0. The van der Waals surface area contributed by atoms with E-state index in [1.807, 2.05) is 23.6 Å². The Morgan fingerprint density at radius 2 is 1.81 bits per heavy atom. The molecule has 138 valence electrons. The van der Waals surface area contributed by atoms with Gasteiger partial charge in [-0.15, -0.1) is 11.3 Å². The molecule has 1 saturated carbocycles. The van der Waals surface area contributed by atoms with E-state index in [0.29, 0.717) is 18.5 Å². The van der Waals surface area contributed by atoms with Crippen LogP contribution < -0.4 is 5.32 Å². The van der Waals surface area contributed by atoms with E-state index >= 15 is 0 Å². The van der Waals surface area contributed by atoms with Crippen molar-refractivity contribution in [3.05, 3.63) is 52.0 Å². The van der Waals surface area contributed by atoms with Crippen LogP contribution in [0.25, 0.3) is 0 Å². The number of aliphatic carboxylic acids is 1. The molecule has 0 saturated heterocycles. The van der Waals surface area contributed by atoms with Crippen LogP contribution >= 0.6 is 11.3 Å². The van der Waals surface area contributed by atoms with E-state index in [1.165, 1.54) is 16.9 Å². The zero-order valence-corrected chi connectivity index (χ0v) is 15.6. The van der Waals surface area contributed by atoms with Gasteiger partial charge in [-0.3, -0.25) is 4.79 Å². The fraction of sp³-hybridized carbons (Fsp3) is 0.450. The highest BCUT2D eigenvalue weighted by atomic mass is 32.1. The minimum absolute atomic E-state index is 0.125. The maximum atomic E-state index is 12.5. The first-order valence-corrected chi connectivity index (χ1v) is 9.97. The first kappa shape index (κ1) is 18.6. The van der Waals surface area contributed by atoms with Crippen LogP contribution in [0.1, 0.15) is 54.8 Å². The highest BCUT2D eigenvalue weighted by molar-refractivity contribution is 7.09. The van der Waals surface area contributed by atoms with Crippen molar-refractivity contribution in [2.75, 3.05) is 0 Å². The number of thiazole rings is 1. The summed E-state index contributed by atoms with van der Waals surface area (Å²) in [5.41, 5.74) is 0.768. The average Bonchev–Trinajstić information content (AvgIpc) is 2.90. The molecule has 2 N–H and O–H groups in total. The highest BCUT2D eigenvalue weighted by Gasteiger charge is 2.39. The lowest BCUT2D eigenvalue weighted by molar-refractivity contribution is -0.148. The minimum atomic E-state index is -1.11. The molecule has 1 aromatic carbocycles. The van der Waals surface area contributed by atoms with Crippen LogP contribution in [0.5, 0.6) is 0 Å². The molecular formula is C20H24N2O3S. The number of carboxylic acid groups (broad SMARTS) is 1. The number of carbonyl (C=O) groups excluding carboxylic acids is 1. The normalized spacial score (nSPS) is 16.6. The van der Waals surface area contributed by atoms with E-state index in [-0.39, 0.29) is 12.3 Å². The monoisotopic (exact) mass is 372 g/mol. The Kier molecular flexibility index (Phi) is 6.04. The van der Waals surface area contributed by atoms with Crippen molar-refractivity contribution in [2.24, 2.45) is 0 Å². The lowest BCUT2D eigenvalue weighted by atomic mass is 9.90. The van der Waals surface area contributed by atoms with Gasteiger partial charge in [-0.1, -0.05) is 56.0 Å². The van der Waals surface area contributed by atoms with Gasteiger partial charge in [0.25, 0.3) is 0 Å². The topological polar surface area (TPSA) is 79.3 Å². The maximum Gasteiger partial charge on any atom is 0.329 e. The third kappa shape index (κ3) is 4.69. The lowest BCUT2D eigenvalue weighted by Crippen LogP contribution is -2.54. The number of amides is 1. The Balaban J connectivity index is 1.61. The van der Waals surface area contributed by atoms with Crippen molar-refractivity contribution >= 4 is 23.2 Å². The molecule has 1 amide bonds. The second kappa shape index (κ2) is 8.45. The predicted octanol–water partition coefficient (Wildman–Crippen LogP) is 3.57. The van der Waals surface area contributed by atoms with Gasteiger partial charge in [-0.25, -0.2) is 9.78 Å². The largest absolute Gasteiger partial charge is 0.480 e. The van der Waals surface area contributed by atoms with E-state index in [9.17, 15) is 14.7 Å². The summed E-state index contributed by atoms with van der Waals surface area (Å²) in [5.74, 6) is -1.18. The molecule has 0 aliphatic heterocycles. The van der Waals surface area contributed by atoms with Gasteiger partial charge in [-0.05, 0) is 18.4 Å². The molecule has 6 heteroatoms. The van der Waals surface area contributed by atoms with Crippen LogP contribution in [-0.2, 0) is 22.4 Å².